The summed E-state index contributed by atoms with van der Waals surface area (Å²) in [7, 11) is 1.67. The van der Waals surface area contributed by atoms with Crippen LogP contribution < -0.4 is 15.8 Å². The summed E-state index contributed by atoms with van der Waals surface area (Å²) in [4.78, 5) is 0. The van der Waals surface area contributed by atoms with Gasteiger partial charge in [0.2, 0.25) is 0 Å². The minimum Gasteiger partial charge on any atom is -0.496 e. The molecule has 0 aliphatic rings. The largest absolute Gasteiger partial charge is 0.496 e. The van der Waals surface area contributed by atoms with Crippen LogP contribution in [0, 0.1) is 5.41 Å². The first-order valence-electron chi connectivity index (χ1n) is 5.72. The fourth-order valence-corrected chi connectivity index (χ4v) is 2.03. The number of rotatable bonds is 6. The third-order valence-corrected chi connectivity index (χ3v) is 3.32. The molecule has 0 saturated carbocycles. The van der Waals surface area contributed by atoms with Crippen LogP contribution in [0.2, 0.25) is 0 Å². The lowest BCUT2D eigenvalue weighted by Crippen LogP contribution is -2.35. The zero-order valence-electron chi connectivity index (χ0n) is 10.7. The van der Waals surface area contributed by atoms with Gasteiger partial charge in [-0.1, -0.05) is 19.9 Å². The lowest BCUT2D eigenvalue weighted by molar-refractivity contribution is 0.351. The Hall–Kier alpha value is -0.580. The smallest absolute Gasteiger partial charge is 0.133 e. The van der Waals surface area contributed by atoms with Gasteiger partial charge in [-0.3, -0.25) is 0 Å². The van der Waals surface area contributed by atoms with Crippen LogP contribution in [0.15, 0.2) is 22.7 Å². The second-order valence-electron chi connectivity index (χ2n) is 4.94. The zero-order chi connectivity index (χ0) is 12.9. The molecule has 1 rings (SSSR count). The average Bonchev–Trinajstić information content (AvgIpc) is 2.29. The van der Waals surface area contributed by atoms with Crippen molar-refractivity contribution in [2.24, 2.45) is 11.1 Å². The van der Waals surface area contributed by atoms with Crippen molar-refractivity contribution >= 4 is 15.9 Å². The van der Waals surface area contributed by atoms with Crippen LogP contribution in [0.25, 0.3) is 0 Å². The Morgan fingerprint density at radius 1 is 1.41 bits per heavy atom. The van der Waals surface area contributed by atoms with Gasteiger partial charge in [-0.2, -0.15) is 0 Å². The fraction of sp³-hybridized carbons (Fsp3) is 0.538. The standard InChI is InChI=1S/C13H21BrN2O/c1-13(2,8-15)9-16-7-10-4-5-12(17-3)11(14)6-10/h4-6,16H,7-9,15H2,1-3H3. The molecule has 0 radical (unpaired) electrons. The minimum absolute atomic E-state index is 0.143. The second-order valence-corrected chi connectivity index (χ2v) is 5.80. The maximum Gasteiger partial charge on any atom is 0.133 e. The minimum atomic E-state index is 0.143. The summed E-state index contributed by atoms with van der Waals surface area (Å²) in [5.74, 6) is 0.857. The van der Waals surface area contributed by atoms with Crippen LogP contribution in [0.3, 0.4) is 0 Å². The molecule has 0 amide bonds. The van der Waals surface area contributed by atoms with Crippen LogP contribution in [-0.2, 0) is 6.54 Å². The van der Waals surface area contributed by atoms with Crippen molar-refractivity contribution < 1.29 is 4.74 Å². The summed E-state index contributed by atoms with van der Waals surface area (Å²) in [6.07, 6.45) is 0. The number of halogens is 1. The molecule has 0 bridgehead atoms. The van der Waals surface area contributed by atoms with E-state index in [0.29, 0.717) is 6.54 Å². The number of hydrogen-bond acceptors (Lipinski definition) is 3. The van der Waals surface area contributed by atoms with Crippen molar-refractivity contribution in [3.63, 3.8) is 0 Å². The summed E-state index contributed by atoms with van der Waals surface area (Å²) in [6, 6.07) is 6.10. The Bertz CT molecular complexity index is 366. The molecule has 0 aliphatic carbocycles. The normalized spacial score (nSPS) is 11.6. The number of ether oxygens (including phenoxy) is 1. The lowest BCUT2D eigenvalue weighted by Gasteiger charge is -2.22. The predicted molar refractivity (Wildman–Crippen MR) is 75.2 cm³/mol. The average molecular weight is 301 g/mol. The summed E-state index contributed by atoms with van der Waals surface area (Å²) in [5.41, 5.74) is 7.05. The van der Waals surface area contributed by atoms with Crippen molar-refractivity contribution in [3.8, 4) is 5.75 Å². The van der Waals surface area contributed by atoms with Gasteiger partial charge in [0, 0.05) is 13.1 Å². The Kier molecular flexibility index (Phi) is 5.43. The van der Waals surface area contributed by atoms with Gasteiger partial charge in [0.05, 0.1) is 11.6 Å². The Balaban J connectivity index is 2.50. The zero-order valence-corrected chi connectivity index (χ0v) is 12.3. The van der Waals surface area contributed by atoms with E-state index < -0.39 is 0 Å². The molecule has 0 atom stereocenters. The summed E-state index contributed by atoms with van der Waals surface area (Å²) < 4.78 is 6.18. The van der Waals surface area contributed by atoms with E-state index in [1.807, 2.05) is 6.07 Å². The Morgan fingerprint density at radius 2 is 2.12 bits per heavy atom. The topological polar surface area (TPSA) is 47.3 Å². The van der Waals surface area contributed by atoms with Gasteiger partial charge in [0.15, 0.2) is 0 Å². The monoisotopic (exact) mass is 300 g/mol. The molecule has 1 aromatic rings. The molecule has 3 N–H and O–H groups in total. The number of nitrogens with one attached hydrogen (secondary N) is 1. The van der Waals surface area contributed by atoms with Crippen molar-refractivity contribution in [3.05, 3.63) is 28.2 Å². The van der Waals surface area contributed by atoms with Crippen molar-refractivity contribution in [2.75, 3.05) is 20.2 Å². The van der Waals surface area contributed by atoms with Crippen LogP contribution >= 0.6 is 15.9 Å². The van der Waals surface area contributed by atoms with E-state index in [2.05, 4.69) is 47.2 Å². The maximum atomic E-state index is 5.68. The molecule has 3 nitrogen and oxygen atoms in total. The molecule has 4 heteroatoms. The highest BCUT2D eigenvalue weighted by molar-refractivity contribution is 9.10. The van der Waals surface area contributed by atoms with E-state index in [4.69, 9.17) is 10.5 Å². The van der Waals surface area contributed by atoms with Crippen molar-refractivity contribution in [1.29, 1.82) is 0 Å². The molecule has 17 heavy (non-hydrogen) atoms. The Morgan fingerprint density at radius 3 is 2.65 bits per heavy atom. The third kappa shape index (κ3) is 4.66. The first-order valence-corrected chi connectivity index (χ1v) is 6.51. The highest BCUT2D eigenvalue weighted by atomic mass is 79.9. The third-order valence-electron chi connectivity index (χ3n) is 2.70. The second kappa shape index (κ2) is 6.38. The quantitative estimate of drug-likeness (QED) is 0.849. The number of benzene rings is 1. The number of methoxy groups -OCH3 is 1. The first kappa shape index (κ1) is 14.5. The van der Waals surface area contributed by atoms with Gasteiger partial charge in [-0.15, -0.1) is 0 Å². The maximum absolute atomic E-state index is 5.68. The van der Waals surface area contributed by atoms with E-state index in [1.165, 1.54) is 5.56 Å². The number of nitrogens with two attached hydrogens (primary N) is 1. The summed E-state index contributed by atoms with van der Waals surface area (Å²) >= 11 is 3.48. The molecule has 1 aromatic carbocycles. The molecule has 0 saturated heterocycles. The first-order chi connectivity index (χ1) is 7.98. The molecule has 0 heterocycles. The van der Waals surface area contributed by atoms with Crippen molar-refractivity contribution in [2.45, 2.75) is 20.4 Å². The Labute approximate surface area is 112 Å². The molecule has 0 unspecified atom stereocenters. The van der Waals surface area contributed by atoms with Gasteiger partial charge in [-0.25, -0.2) is 0 Å². The van der Waals surface area contributed by atoms with Crippen LogP contribution in [0.1, 0.15) is 19.4 Å². The molecular formula is C13H21BrN2O. The molecule has 0 spiro atoms. The molecule has 96 valence electrons. The molecular weight excluding hydrogens is 280 g/mol. The van der Waals surface area contributed by atoms with Gasteiger partial charge in [0.1, 0.15) is 5.75 Å². The predicted octanol–water partition coefficient (Wildman–Crippen LogP) is 2.53. The van der Waals surface area contributed by atoms with Crippen molar-refractivity contribution in [1.82, 2.24) is 5.32 Å². The van der Waals surface area contributed by atoms with Gasteiger partial charge < -0.3 is 15.8 Å². The van der Waals surface area contributed by atoms with E-state index in [1.54, 1.807) is 7.11 Å². The summed E-state index contributed by atoms with van der Waals surface area (Å²) in [5, 5.41) is 3.42. The summed E-state index contributed by atoms with van der Waals surface area (Å²) in [6.45, 7) is 6.75. The molecule has 0 aliphatic heterocycles. The van der Waals surface area contributed by atoms with Gasteiger partial charge in [-0.05, 0) is 45.6 Å². The van der Waals surface area contributed by atoms with Gasteiger partial charge >= 0.3 is 0 Å². The highest BCUT2D eigenvalue weighted by Gasteiger charge is 2.14. The SMILES string of the molecule is COc1ccc(CNCC(C)(C)CN)cc1Br. The van der Waals surface area contributed by atoms with Crippen LogP contribution in [-0.4, -0.2) is 20.2 Å². The lowest BCUT2D eigenvalue weighted by atomic mass is 9.94. The molecule has 0 fully saturated rings. The van der Waals surface area contributed by atoms with E-state index in [9.17, 15) is 0 Å². The van der Waals surface area contributed by atoms with E-state index >= 15 is 0 Å². The van der Waals surface area contributed by atoms with Crippen LogP contribution in [0.4, 0.5) is 0 Å². The van der Waals surface area contributed by atoms with Gasteiger partial charge in [0.25, 0.3) is 0 Å². The van der Waals surface area contributed by atoms with Crippen LogP contribution in [0.5, 0.6) is 5.75 Å². The number of hydrogen-bond donors (Lipinski definition) is 2. The highest BCUT2D eigenvalue weighted by Crippen LogP contribution is 2.25. The van der Waals surface area contributed by atoms with E-state index in [-0.39, 0.29) is 5.41 Å². The molecule has 0 aromatic heterocycles. The fourth-order valence-electron chi connectivity index (χ4n) is 1.44. The van der Waals surface area contributed by atoms with E-state index in [0.717, 1.165) is 23.3 Å².